The van der Waals surface area contributed by atoms with Crippen LogP contribution in [0.4, 0.5) is 0 Å². The molecule has 2 aromatic heterocycles. The van der Waals surface area contributed by atoms with Crippen LogP contribution in [0.15, 0.2) is 23.7 Å². The highest BCUT2D eigenvalue weighted by atomic mass is 32.1. The van der Waals surface area contributed by atoms with Crippen LogP contribution >= 0.6 is 23.6 Å². The van der Waals surface area contributed by atoms with Gasteiger partial charge in [-0.3, -0.25) is 5.10 Å². The molecule has 0 aliphatic rings. The lowest BCUT2D eigenvalue weighted by Gasteiger charge is -1.97. The quantitative estimate of drug-likeness (QED) is 0.729. The van der Waals surface area contributed by atoms with Gasteiger partial charge < -0.3 is 0 Å². The Hall–Kier alpha value is -1.000. The Morgan fingerprint density at radius 2 is 2.38 bits per heavy atom. The number of H-pyrrole nitrogens is 1. The van der Waals surface area contributed by atoms with Gasteiger partial charge in [-0.2, -0.15) is 5.10 Å². The molecular weight excluding hydrogens is 200 g/mol. The zero-order chi connectivity index (χ0) is 9.26. The molecule has 0 fully saturated rings. The fourth-order valence-corrected chi connectivity index (χ4v) is 2.26. The van der Waals surface area contributed by atoms with Gasteiger partial charge in [-0.25, -0.2) is 0 Å². The highest BCUT2D eigenvalue weighted by Gasteiger charge is 2.02. The largest absolute Gasteiger partial charge is 0.268 e. The molecule has 0 aliphatic carbocycles. The summed E-state index contributed by atoms with van der Waals surface area (Å²) in [6, 6.07) is 4.03. The molecule has 2 aromatic rings. The van der Waals surface area contributed by atoms with Crippen LogP contribution in [0.25, 0.3) is 10.4 Å². The van der Waals surface area contributed by atoms with E-state index >= 15 is 0 Å². The van der Waals surface area contributed by atoms with Gasteiger partial charge in [0, 0.05) is 10.4 Å². The summed E-state index contributed by atoms with van der Waals surface area (Å²) in [5, 5.41) is 8.76. The van der Waals surface area contributed by atoms with Gasteiger partial charge in [-0.05, 0) is 30.0 Å². The number of aromatic amines is 1. The predicted molar refractivity (Wildman–Crippen MR) is 57.5 cm³/mol. The first-order valence-corrected chi connectivity index (χ1v) is 5.15. The molecule has 2 heterocycles. The monoisotopic (exact) mass is 208 g/mol. The van der Waals surface area contributed by atoms with E-state index in [4.69, 9.17) is 12.2 Å². The normalized spacial score (nSPS) is 10.2. The molecular formula is C9H8N2S2. The fraction of sp³-hybridized carbons (Fsp3) is 0.111. The van der Waals surface area contributed by atoms with Gasteiger partial charge >= 0.3 is 0 Å². The first kappa shape index (κ1) is 8.59. The second kappa shape index (κ2) is 3.40. The molecule has 0 aromatic carbocycles. The van der Waals surface area contributed by atoms with Crippen molar-refractivity contribution < 1.29 is 0 Å². The highest BCUT2D eigenvalue weighted by molar-refractivity contribution is 7.71. The average Bonchev–Trinajstić information content (AvgIpc) is 2.51. The average molecular weight is 208 g/mol. The number of nitrogens with one attached hydrogen (secondary N) is 1. The van der Waals surface area contributed by atoms with Crippen LogP contribution in [0.2, 0.25) is 0 Å². The second-order valence-corrected chi connectivity index (χ2v) is 4.12. The third-order valence-electron chi connectivity index (χ3n) is 1.79. The maximum atomic E-state index is 5.00. The van der Waals surface area contributed by atoms with Crippen LogP contribution in [0.5, 0.6) is 0 Å². The van der Waals surface area contributed by atoms with Crippen molar-refractivity contribution in [3.8, 4) is 10.4 Å². The first-order chi connectivity index (χ1) is 6.27. The zero-order valence-electron chi connectivity index (χ0n) is 7.07. The smallest absolute Gasteiger partial charge is 0.120 e. The van der Waals surface area contributed by atoms with Crippen LogP contribution in [0, 0.1) is 11.6 Å². The van der Waals surface area contributed by atoms with Gasteiger partial charge in [-0.1, -0.05) is 12.2 Å². The van der Waals surface area contributed by atoms with E-state index in [9.17, 15) is 0 Å². The minimum Gasteiger partial charge on any atom is -0.268 e. The van der Waals surface area contributed by atoms with Crippen molar-refractivity contribution in [3.63, 3.8) is 0 Å². The van der Waals surface area contributed by atoms with E-state index < -0.39 is 0 Å². The van der Waals surface area contributed by atoms with E-state index in [0.717, 1.165) is 5.56 Å². The minimum absolute atomic E-state index is 0.672. The fourth-order valence-electron chi connectivity index (χ4n) is 1.17. The number of aryl methyl sites for hydroxylation is 1. The first-order valence-electron chi connectivity index (χ1n) is 3.86. The van der Waals surface area contributed by atoms with Gasteiger partial charge in [0.25, 0.3) is 0 Å². The molecule has 0 saturated heterocycles. The van der Waals surface area contributed by atoms with Crippen molar-refractivity contribution in [1.29, 1.82) is 0 Å². The van der Waals surface area contributed by atoms with Crippen molar-refractivity contribution in [2.24, 2.45) is 0 Å². The number of nitrogens with zero attached hydrogens (tertiary/aromatic N) is 1. The standard InChI is InChI=1S/C9H8N2S2/c1-6-2-3-13-9(6)7-4-8(12)11-10-5-7/h2-5H,1H3,(H,11,12). The van der Waals surface area contributed by atoms with Gasteiger partial charge in [0.2, 0.25) is 0 Å². The van der Waals surface area contributed by atoms with E-state index in [1.54, 1.807) is 17.5 Å². The van der Waals surface area contributed by atoms with Crippen LogP contribution in [-0.4, -0.2) is 10.2 Å². The number of thiophene rings is 1. The van der Waals surface area contributed by atoms with Crippen LogP contribution in [-0.2, 0) is 0 Å². The Balaban J connectivity index is 2.59. The molecule has 66 valence electrons. The van der Waals surface area contributed by atoms with Crippen LogP contribution < -0.4 is 0 Å². The van der Waals surface area contributed by atoms with E-state index in [1.807, 2.05) is 6.07 Å². The third kappa shape index (κ3) is 1.68. The maximum absolute atomic E-state index is 5.00. The number of rotatable bonds is 1. The van der Waals surface area contributed by atoms with Crippen molar-refractivity contribution in [2.45, 2.75) is 6.92 Å². The SMILES string of the molecule is Cc1ccsc1-c1cn[nH]c(=S)c1. The third-order valence-corrected chi connectivity index (χ3v) is 3.06. The lowest BCUT2D eigenvalue weighted by molar-refractivity contribution is 1.02. The summed E-state index contributed by atoms with van der Waals surface area (Å²) in [5.74, 6) is 0. The lowest BCUT2D eigenvalue weighted by atomic mass is 10.2. The molecule has 1 N–H and O–H groups in total. The zero-order valence-corrected chi connectivity index (χ0v) is 8.71. The van der Waals surface area contributed by atoms with Crippen molar-refractivity contribution in [1.82, 2.24) is 10.2 Å². The van der Waals surface area contributed by atoms with Crippen LogP contribution in [0.3, 0.4) is 0 Å². The molecule has 0 bridgehead atoms. The Morgan fingerprint density at radius 1 is 1.54 bits per heavy atom. The van der Waals surface area contributed by atoms with E-state index in [0.29, 0.717) is 4.64 Å². The summed E-state index contributed by atoms with van der Waals surface area (Å²) < 4.78 is 0.672. The molecule has 0 unspecified atom stereocenters. The lowest BCUT2D eigenvalue weighted by Crippen LogP contribution is -1.82. The minimum atomic E-state index is 0.672. The summed E-state index contributed by atoms with van der Waals surface area (Å²) in [5.41, 5.74) is 2.36. The van der Waals surface area contributed by atoms with E-state index in [-0.39, 0.29) is 0 Å². The van der Waals surface area contributed by atoms with Gasteiger partial charge in [0.05, 0.1) is 6.20 Å². The van der Waals surface area contributed by atoms with Gasteiger partial charge in [0.15, 0.2) is 0 Å². The molecule has 0 amide bonds. The molecule has 0 spiro atoms. The molecule has 0 saturated carbocycles. The Kier molecular flexibility index (Phi) is 2.24. The summed E-state index contributed by atoms with van der Waals surface area (Å²) in [6.45, 7) is 2.09. The second-order valence-electron chi connectivity index (χ2n) is 2.77. The highest BCUT2D eigenvalue weighted by Crippen LogP contribution is 2.27. The Morgan fingerprint density at radius 3 is 3.00 bits per heavy atom. The van der Waals surface area contributed by atoms with Crippen molar-refractivity contribution in [3.05, 3.63) is 33.9 Å². The van der Waals surface area contributed by atoms with Gasteiger partial charge in [0.1, 0.15) is 4.64 Å². The molecule has 2 rings (SSSR count). The summed E-state index contributed by atoms with van der Waals surface area (Å²) in [7, 11) is 0. The van der Waals surface area contributed by atoms with E-state index in [1.165, 1.54) is 10.4 Å². The van der Waals surface area contributed by atoms with E-state index in [2.05, 4.69) is 28.6 Å². The molecule has 4 heteroatoms. The van der Waals surface area contributed by atoms with Crippen molar-refractivity contribution >= 4 is 23.6 Å². The Labute approximate surface area is 85.3 Å². The molecule has 0 atom stereocenters. The summed E-state index contributed by atoms with van der Waals surface area (Å²) in [6.07, 6.45) is 1.80. The number of aromatic nitrogens is 2. The maximum Gasteiger partial charge on any atom is 0.120 e. The van der Waals surface area contributed by atoms with Gasteiger partial charge in [-0.15, -0.1) is 11.3 Å². The topological polar surface area (TPSA) is 28.7 Å². The molecule has 0 aliphatic heterocycles. The number of hydrogen-bond acceptors (Lipinski definition) is 3. The number of hydrogen-bond donors (Lipinski definition) is 1. The summed E-state index contributed by atoms with van der Waals surface area (Å²) >= 11 is 6.71. The van der Waals surface area contributed by atoms with Crippen molar-refractivity contribution in [2.75, 3.05) is 0 Å². The Bertz CT molecular complexity index is 470. The predicted octanol–water partition coefficient (Wildman–Crippen LogP) is 3.18. The summed E-state index contributed by atoms with van der Waals surface area (Å²) in [4.78, 5) is 1.24. The molecule has 13 heavy (non-hydrogen) atoms. The molecule has 2 nitrogen and oxygen atoms in total. The molecule has 0 radical (unpaired) electrons. The van der Waals surface area contributed by atoms with Crippen LogP contribution in [0.1, 0.15) is 5.56 Å².